The van der Waals surface area contributed by atoms with Crippen LogP contribution in [-0.4, -0.2) is 32.9 Å². The maximum Gasteiger partial charge on any atom is 0.269 e. The van der Waals surface area contributed by atoms with Crippen molar-refractivity contribution in [2.75, 3.05) is 19.0 Å². The molecule has 3 rings (SSSR count). The zero-order chi connectivity index (χ0) is 23.1. The van der Waals surface area contributed by atoms with Crippen LogP contribution < -0.4 is 14.8 Å². The van der Waals surface area contributed by atoms with Gasteiger partial charge in [0.2, 0.25) is 15.9 Å². The standard InChI is InChI=1S/C21H19N3O6S2/c1-30-17-6-12-20(13-7-17)32(28,29)22-14-21(25)23-15-2-8-18(9-3-15)31-19-10-4-16(5-11-19)24(26)27/h2-13,22H,14H2,1H3,(H,23,25). The van der Waals surface area contributed by atoms with E-state index in [2.05, 4.69) is 10.0 Å². The summed E-state index contributed by atoms with van der Waals surface area (Å²) in [4.78, 5) is 24.1. The Bertz CT molecular complexity index is 1200. The third-order valence-corrected chi connectivity index (χ3v) is 6.65. The van der Waals surface area contributed by atoms with Gasteiger partial charge in [-0.15, -0.1) is 0 Å². The van der Waals surface area contributed by atoms with E-state index in [0.29, 0.717) is 11.4 Å². The Morgan fingerprint density at radius 1 is 0.969 bits per heavy atom. The summed E-state index contributed by atoms with van der Waals surface area (Å²) in [5.41, 5.74) is 0.529. The van der Waals surface area contributed by atoms with Crippen LogP contribution in [0.15, 0.2) is 87.5 Å². The number of sulfonamides is 1. The van der Waals surface area contributed by atoms with E-state index < -0.39 is 27.4 Å². The van der Waals surface area contributed by atoms with Gasteiger partial charge < -0.3 is 10.1 Å². The molecule has 0 aliphatic carbocycles. The molecule has 0 atom stereocenters. The molecule has 32 heavy (non-hydrogen) atoms. The number of anilines is 1. The molecule has 0 aromatic heterocycles. The first-order chi connectivity index (χ1) is 15.3. The molecule has 11 heteroatoms. The minimum atomic E-state index is -3.83. The third-order valence-electron chi connectivity index (χ3n) is 4.21. The molecular weight excluding hydrogens is 454 g/mol. The van der Waals surface area contributed by atoms with Crippen molar-refractivity contribution in [2.45, 2.75) is 14.7 Å². The lowest BCUT2D eigenvalue weighted by atomic mass is 10.3. The molecule has 0 aliphatic rings. The van der Waals surface area contributed by atoms with Crippen LogP contribution in [0.5, 0.6) is 5.75 Å². The summed E-state index contributed by atoms with van der Waals surface area (Å²) in [6.07, 6.45) is 0. The number of rotatable bonds is 9. The van der Waals surface area contributed by atoms with E-state index in [0.717, 1.165) is 9.79 Å². The van der Waals surface area contributed by atoms with Crippen molar-refractivity contribution >= 4 is 39.1 Å². The molecule has 166 valence electrons. The Balaban J connectivity index is 1.53. The van der Waals surface area contributed by atoms with Crippen molar-refractivity contribution < 1.29 is 22.9 Å². The molecule has 0 heterocycles. The number of non-ortho nitro benzene ring substituents is 1. The fourth-order valence-electron chi connectivity index (χ4n) is 2.58. The lowest BCUT2D eigenvalue weighted by Gasteiger charge is -2.09. The van der Waals surface area contributed by atoms with E-state index in [9.17, 15) is 23.3 Å². The minimum Gasteiger partial charge on any atom is -0.497 e. The molecular formula is C21H19N3O6S2. The van der Waals surface area contributed by atoms with Crippen LogP contribution in [0.3, 0.4) is 0 Å². The van der Waals surface area contributed by atoms with Gasteiger partial charge in [0.15, 0.2) is 0 Å². The number of carbonyl (C=O) groups excluding carboxylic acids is 1. The topological polar surface area (TPSA) is 128 Å². The zero-order valence-corrected chi connectivity index (χ0v) is 18.5. The number of hydrogen-bond donors (Lipinski definition) is 2. The number of nitro groups is 1. The smallest absolute Gasteiger partial charge is 0.269 e. The van der Waals surface area contributed by atoms with Gasteiger partial charge in [0.05, 0.1) is 23.5 Å². The fourth-order valence-corrected chi connectivity index (χ4v) is 4.38. The average molecular weight is 474 g/mol. The maximum absolute atomic E-state index is 12.3. The van der Waals surface area contributed by atoms with Gasteiger partial charge >= 0.3 is 0 Å². The lowest BCUT2D eigenvalue weighted by molar-refractivity contribution is -0.384. The number of nitrogens with zero attached hydrogens (tertiary/aromatic N) is 1. The van der Waals surface area contributed by atoms with Gasteiger partial charge in [0.1, 0.15) is 5.75 Å². The summed E-state index contributed by atoms with van der Waals surface area (Å²) < 4.78 is 31.8. The van der Waals surface area contributed by atoms with Gasteiger partial charge in [0.25, 0.3) is 5.69 Å². The molecule has 0 spiro atoms. The second kappa shape index (κ2) is 10.3. The van der Waals surface area contributed by atoms with Crippen LogP contribution in [0.1, 0.15) is 0 Å². The Kier molecular flexibility index (Phi) is 7.46. The summed E-state index contributed by atoms with van der Waals surface area (Å²) in [5, 5.41) is 13.3. The van der Waals surface area contributed by atoms with Crippen molar-refractivity contribution in [3.63, 3.8) is 0 Å². The largest absolute Gasteiger partial charge is 0.497 e. The van der Waals surface area contributed by atoms with E-state index in [-0.39, 0.29) is 10.6 Å². The highest BCUT2D eigenvalue weighted by Crippen LogP contribution is 2.29. The number of methoxy groups -OCH3 is 1. The van der Waals surface area contributed by atoms with E-state index in [1.807, 2.05) is 0 Å². The van der Waals surface area contributed by atoms with Crippen molar-refractivity contribution in [3.05, 3.63) is 82.9 Å². The second-order valence-electron chi connectivity index (χ2n) is 6.43. The van der Waals surface area contributed by atoms with Gasteiger partial charge in [-0.3, -0.25) is 14.9 Å². The quantitative estimate of drug-likeness (QED) is 0.358. The molecule has 0 aliphatic heterocycles. The van der Waals surface area contributed by atoms with Gasteiger partial charge in [-0.2, -0.15) is 0 Å². The number of carbonyl (C=O) groups is 1. The number of nitrogens with one attached hydrogen (secondary N) is 2. The van der Waals surface area contributed by atoms with Crippen LogP contribution in [0.25, 0.3) is 0 Å². The first kappa shape index (κ1) is 23.3. The molecule has 0 unspecified atom stereocenters. The molecule has 0 fully saturated rings. The number of amides is 1. The predicted octanol–water partition coefficient (Wildman–Crippen LogP) is 3.67. The summed E-state index contributed by atoms with van der Waals surface area (Å²) >= 11 is 1.41. The van der Waals surface area contributed by atoms with Crippen LogP contribution in [0, 0.1) is 10.1 Å². The SMILES string of the molecule is COc1ccc(S(=O)(=O)NCC(=O)Nc2ccc(Sc3ccc([N+](=O)[O-])cc3)cc2)cc1. The number of nitro benzene ring substituents is 1. The first-order valence-electron chi connectivity index (χ1n) is 9.23. The van der Waals surface area contributed by atoms with Gasteiger partial charge in [0, 0.05) is 27.6 Å². The molecule has 0 bridgehead atoms. The normalized spacial score (nSPS) is 11.0. The molecule has 0 radical (unpaired) electrons. The van der Waals surface area contributed by atoms with Crippen LogP contribution in [-0.2, 0) is 14.8 Å². The lowest BCUT2D eigenvalue weighted by Crippen LogP contribution is -2.32. The zero-order valence-electron chi connectivity index (χ0n) is 16.8. The van der Waals surface area contributed by atoms with Crippen molar-refractivity contribution in [1.29, 1.82) is 0 Å². The average Bonchev–Trinajstić information content (AvgIpc) is 2.79. The highest BCUT2D eigenvalue weighted by atomic mass is 32.2. The molecule has 3 aromatic carbocycles. The van der Waals surface area contributed by atoms with E-state index >= 15 is 0 Å². The van der Waals surface area contributed by atoms with Gasteiger partial charge in [-0.1, -0.05) is 11.8 Å². The number of benzene rings is 3. The first-order valence-corrected chi connectivity index (χ1v) is 11.5. The Labute approximate surface area is 189 Å². The number of hydrogen-bond acceptors (Lipinski definition) is 7. The Morgan fingerprint density at radius 2 is 1.53 bits per heavy atom. The van der Waals surface area contributed by atoms with Crippen molar-refractivity contribution in [1.82, 2.24) is 4.72 Å². The molecule has 9 nitrogen and oxygen atoms in total. The minimum absolute atomic E-state index is 0.0232. The Hall–Kier alpha value is -3.41. The summed E-state index contributed by atoms with van der Waals surface area (Å²) in [6, 6.07) is 18.9. The van der Waals surface area contributed by atoms with Crippen molar-refractivity contribution in [2.24, 2.45) is 0 Å². The maximum atomic E-state index is 12.3. The van der Waals surface area contributed by atoms with Crippen LogP contribution >= 0.6 is 11.8 Å². The summed E-state index contributed by atoms with van der Waals surface area (Å²) in [6.45, 7) is -0.423. The van der Waals surface area contributed by atoms with E-state index in [1.165, 1.54) is 55.3 Å². The second-order valence-corrected chi connectivity index (χ2v) is 9.34. The molecule has 0 saturated heterocycles. The van der Waals surface area contributed by atoms with E-state index in [1.54, 1.807) is 36.4 Å². The molecule has 0 saturated carbocycles. The van der Waals surface area contributed by atoms with Crippen LogP contribution in [0.2, 0.25) is 0 Å². The highest BCUT2D eigenvalue weighted by molar-refractivity contribution is 7.99. The fraction of sp³-hybridized carbons (Fsp3) is 0.0952. The van der Waals surface area contributed by atoms with E-state index in [4.69, 9.17) is 4.74 Å². The Morgan fingerprint density at radius 3 is 2.06 bits per heavy atom. The van der Waals surface area contributed by atoms with Crippen molar-refractivity contribution in [3.8, 4) is 5.75 Å². The molecule has 2 N–H and O–H groups in total. The predicted molar refractivity (Wildman–Crippen MR) is 120 cm³/mol. The third kappa shape index (κ3) is 6.30. The van der Waals surface area contributed by atoms with Gasteiger partial charge in [-0.25, -0.2) is 13.1 Å². The number of ether oxygens (including phenoxy) is 1. The van der Waals surface area contributed by atoms with Gasteiger partial charge in [-0.05, 0) is 60.7 Å². The summed E-state index contributed by atoms with van der Waals surface area (Å²) in [5.74, 6) is 0.00902. The summed E-state index contributed by atoms with van der Waals surface area (Å²) in [7, 11) is -2.36. The highest BCUT2D eigenvalue weighted by Gasteiger charge is 2.15. The van der Waals surface area contributed by atoms with Crippen LogP contribution in [0.4, 0.5) is 11.4 Å². The molecule has 3 aromatic rings. The molecule has 1 amide bonds. The monoisotopic (exact) mass is 473 g/mol.